The van der Waals surface area contributed by atoms with Gasteiger partial charge >= 0.3 is 0 Å². The van der Waals surface area contributed by atoms with Gasteiger partial charge in [-0.1, -0.05) is 430 Å². The fourth-order valence-corrected chi connectivity index (χ4v) is 10.2. The minimum Gasteiger partial charge on any atom is -0.381 e. The quantitative estimate of drug-likeness (QED) is 0.161. The van der Waals surface area contributed by atoms with Crippen LogP contribution in [0.3, 0.4) is 0 Å². The van der Waals surface area contributed by atoms with E-state index in [-0.39, 0.29) is 0 Å². The molecule has 0 aromatic heterocycles. The van der Waals surface area contributed by atoms with Gasteiger partial charge in [0.15, 0.2) is 0 Å². The molecule has 12 rings (SSSR count). The van der Waals surface area contributed by atoms with Crippen molar-refractivity contribution < 1.29 is 18.9 Å². The lowest BCUT2D eigenvalue weighted by molar-refractivity contribution is 0.0238. The number of hydrogen-bond donors (Lipinski definition) is 6. The van der Waals surface area contributed by atoms with Crippen LogP contribution in [-0.4, -0.2) is 203 Å². The molecule has 844 valence electrons. The van der Waals surface area contributed by atoms with Crippen LogP contribution in [0.5, 0.6) is 0 Å². The highest BCUT2D eigenvalue weighted by Crippen LogP contribution is 2.35. The van der Waals surface area contributed by atoms with Crippen LogP contribution >= 0.6 is 0 Å². The van der Waals surface area contributed by atoms with Crippen LogP contribution in [0.25, 0.3) is 0 Å². The molecule has 9 saturated heterocycles. The Balaban J connectivity index is -0.0000000563. The Labute approximate surface area is 863 Å². The Morgan fingerprint density at radius 3 is 0.433 bits per heavy atom. The van der Waals surface area contributed by atoms with Crippen molar-refractivity contribution in [2.24, 2.45) is 59.2 Å². The number of nitrogens with zero attached hydrogens (tertiary/aromatic N) is 3. The Hall–Kier alpha value is -0.520. The molecule has 0 atom stereocenters. The third-order valence-corrected chi connectivity index (χ3v) is 16.0. The van der Waals surface area contributed by atoms with Crippen molar-refractivity contribution in [2.75, 3.05) is 171 Å². The van der Waals surface area contributed by atoms with Crippen molar-refractivity contribution in [3.63, 3.8) is 0 Å². The maximum atomic E-state index is 5.21. The molecule has 0 aromatic rings. The molecule has 0 unspecified atom stereocenters. The molecule has 12 fully saturated rings. The van der Waals surface area contributed by atoms with Crippen molar-refractivity contribution in [1.29, 1.82) is 0 Å². The van der Waals surface area contributed by atoms with Gasteiger partial charge in [0.05, 0.1) is 26.4 Å². The minimum absolute atomic E-state index is 0.689. The van der Waals surface area contributed by atoms with Crippen LogP contribution in [0.15, 0.2) is 0 Å². The molecule has 0 amide bonds. The predicted octanol–water partition coefficient (Wildman–Crippen LogP) is 36.8. The zero-order valence-corrected chi connectivity index (χ0v) is 106. The highest BCUT2D eigenvalue weighted by Gasteiger charge is 2.24. The number of morpholine rings is 2. The summed E-state index contributed by atoms with van der Waals surface area (Å²) in [4.78, 5) is 7.49. The first-order valence-corrected chi connectivity index (χ1v) is 59.8. The number of piperazine rings is 2. The highest BCUT2D eigenvalue weighted by atomic mass is 16.5. The van der Waals surface area contributed by atoms with E-state index in [0.717, 1.165) is 190 Å². The zero-order valence-electron chi connectivity index (χ0n) is 106. The van der Waals surface area contributed by atoms with Gasteiger partial charge in [-0.25, -0.2) is 0 Å². The molecular formula is C121H291N9O4. The second-order valence-electron chi connectivity index (χ2n) is 38.3. The van der Waals surface area contributed by atoms with Crippen molar-refractivity contribution in [2.45, 2.75) is 573 Å². The van der Waals surface area contributed by atoms with Crippen molar-refractivity contribution >= 4 is 0 Å². The zero-order chi connectivity index (χ0) is 109. The second kappa shape index (κ2) is 191. The molecule has 0 bridgehead atoms. The Morgan fingerprint density at radius 2 is 0.313 bits per heavy atom. The topological polar surface area (TPSA) is 119 Å². The third kappa shape index (κ3) is 293. The Kier molecular flexibility index (Phi) is 259. The van der Waals surface area contributed by atoms with Gasteiger partial charge in [-0.3, -0.25) is 9.80 Å². The summed E-state index contributed by atoms with van der Waals surface area (Å²) in [5.41, 5.74) is 0. The molecular weight excluding hydrogens is 1640 g/mol. The van der Waals surface area contributed by atoms with E-state index in [1.54, 1.807) is 0 Å². The van der Waals surface area contributed by atoms with Crippen LogP contribution < -0.4 is 31.9 Å². The molecule has 0 aromatic carbocycles. The molecule has 9 aliphatic heterocycles. The second-order valence-corrected chi connectivity index (χ2v) is 38.3. The highest BCUT2D eigenvalue weighted by molar-refractivity contribution is 4.75. The lowest BCUT2D eigenvalue weighted by atomic mass is 10.0. The van der Waals surface area contributed by atoms with E-state index in [9.17, 15) is 0 Å². The molecule has 6 N–H and O–H groups in total. The lowest BCUT2D eigenvalue weighted by Crippen LogP contribution is -2.46. The van der Waals surface area contributed by atoms with E-state index >= 15 is 0 Å². The van der Waals surface area contributed by atoms with E-state index in [4.69, 9.17) is 18.9 Å². The summed E-state index contributed by atoms with van der Waals surface area (Å²) < 4.78 is 20.2. The molecule has 3 saturated carbocycles. The smallest absolute Gasteiger partial charge is 0.0594 e. The average Bonchev–Trinajstić information content (AvgIpc) is 1.71. The molecule has 12 aliphatic rings. The standard InChI is InChI=1S/C8H17N.C7H16N2.C7H15NO.2C6H12.C5H11N.C5H10O.C5H10.C4H10N2.C4H9NO.C4H9N.C4H8O.8C4H10.12C2H6/c1-8(2)9-6-4-3-5-7-9;1-7(2)9-5-3-8-4-6-9;1-7(2)8-3-5-9-6-4-8;1-5(2)6-3-4-6;3*1-2-4-6-5-3-1;1-2-4-5-3-1;1-2-6-4-3-5-1;1-3-6-4-2-5-1;2*1-2-4-5-3-1;8*1-4(2)3;12*1-2/h8H,3-7H2,1-2H3;7-8H,3-6H2,1-2H3;7H,3-6H2,1-2H3;5-6H,3-4H2,1-2H3;1-6H2;6H,1-5H2;1-5H2;1-5H2;5-6H,1-4H2;5H,1-4H2;5H,1-4H2;1-4H2;8*4H,1-3H3;12*1-2H3. The maximum Gasteiger partial charge on any atom is 0.0594 e. The summed E-state index contributed by atoms with van der Waals surface area (Å²) in [5.74, 6) is 8.73. The molecule has 13 heteroatoms. The number of rotatable bonds is 4. The van der Waals surface area contributed by atoms with Crippen LogP contribution in [0.4, 0.5) is 0 Å². The molecule has 134 heavy (non-hydrogen) atoms. The van der Waals surface area contributed by atoms with Gasteiger partial charge in [-0.2, -0.15) is 0 Å². The van der Waals surface area contributed by atoms with Crippen LogP contribution in [-0.2, 0) is 18.9 Å². The van der Waals surface area contributed by atoms with E-state index in [0.29, 0.717) is 6.04 Å². The number of hydrogen-bond acceptors (Lipinski definition) is 13. The molecule has 0 radical (unpaired) electrons. The lowest BCUT2D eigenvalue weighted by Gasteiger charge is -2.30. The number of likely N-dealkylation sites (tertiary alicyclic amines) is 1. The summed E-state index contributed by atoms with van der Waals surface area (Å²) in [6, 6.07) is 2.19. The monoisotopic (exact) mass is 1940 g/mol. The normalized spacial score (nSPS) is 16.4. The first-order chi connectivity index (χ1) is 64.1. The van der Waals surface area contributed by atoms with Crippen molar-refractivity contribution in [3.05, 3.63) is 0 Å². The third-order valence-electron chi connectivity index (χ3n) is 16.0. The molecule has 3 aliphatic carbocycles. The minimum atomic E-state index is 0.689. The number of piperidine rings is 2. The summed E-state index contributed by atoms with van der Waals surface area (Å²) in [5, 5.41) is 19.4. The number of ether oxygens (including phenoxy) is 4. The summed E-state index contributed by atoms with van der Waals surface area (Å²) in [6.45, 7) is 147. The van der Waals surface area contributed by atoms with Gasteiger partial charge in [-0.05, 0) is 223 Å². The van der Waals surface area contributed by atoms with Gasteiger partial charge in [0, 0.05) is 123 Å². The summed E-state index contributed by atoms with van der Waals surface area (Å²) >= 11 is 0. The molecule has 0 spiro atoms. The first-order valence-electron chi connectivity index (χ1n) is 59.8. The average molecular weight is 1940 g/mol. The first kappa shape index (κ1) is 182. The predicted molar refractivity (Wildman–Crippen MR) is 639 cm³/mol. The number of nitrogens with one attached hydrogen (secondary N) is 6. The van der Waals surface area contributed by atoms with E-state index in [2.05, 4.69) is 268 Å². The van der Waals surface area contributed by atoms with Gasteiger partial charge in [0.25, 0.3) is 0 Å². The van der Waals surface area contributed by atoms with Gasteiger partial charge in [0.1, 0.15) is 0 Å². The molecule has 13 nitrogen and oxygen atoms in total. The van der Waals surface area contributed by atoms with Crippen LogP contribution in [0, 0.1) is 59.2 Å². The summed E-state index contributed by atoms with van der Waals surface area (Å²) in [7, 11) is 0. The van der Waals surface area contributed by atoms with Gasteiger partial charge < -0.3 is 55.7 Å². The van der Waals surface area contributed by atoms with E-state index < -0.39 is 0 Å². The van der Waals surface area contributed by atoms with E-state index in [1.165, 1.54) is 219 Å². The summed E-state index contributed by atoms with van der Waals surface area (Å²) in [6.07, 6.45) is 37.3. The SMILES string of the molecule is C1CCCC1.C1CCCCC1.C1CCNC1.C1CCNCC1.C1CCOC1.C1CCOCC1.C1CNCCN1.C1COCCN1.CC.CC.CC.CC.CC.CC.CC.CC.CC.CC.CC.CC.CC(C)C.CC(C)C.CC(C)C.CC(C)C.CC(C)C.CC(C)C.CC(C)C.CC(C)C.CC(C)C1CC1.CC(C)N1CCCCC1.CC(C)N1CCNCC1.CC(C)N1CCOCC1. The van der Waals surface area contributed by atoms with Gasteiger partial charge in [-0.15, -0.1) is 0 Å². The fourth-order valence-electron chi connectivity index (χ4n) is 10.2. The van der Waals surface area contributed by atoms with Gasteiger partial charge in [0.2, 0.25) is 0 Å². The van der Waals surface area contributed by atoms with Crippen molar-refractivity contribution in [3.8, 4) is 0 Å². The fraction of sp³-hybridized carbons (Fsp3) is 1.00. The Bertz CT molecular complexity index is 1170. The van der Waals surface area contributed by atoms with Crippen LogP contribution in [0.2, 0.25) is 0 Å². The molecule has 9 heterocycles. The van der Waals surface area contributed by atoms with Crippen molar-refractivity contribution in [1.82, 2.24) is 46.6 Å². The maximum absolute atomic E-state index is 5.21. The van der Waals surface area contributed by atoms with E-state index in [1.807, 2.05) is 166 Å². The largest absolute Gasteiger partial charge is 0.381 e. The van der Waals surface area contributed by atoms with Crippen LogP contribution in [0.1, 0.15) is 555 Å². The Morgan fingerprint density at radius 1 is 0.157 bits per heavy atom.